The van der Waals surface area contributed by atoms with E-state index in [0.29, 0.717) is 0 Å². The molecule has 0 aliphatic heterocycles. The fourth-order valence-corrected chi connectivity index (χ4v) is 2.33. The quantitative estimate of drug-likeness (QED) is 0.714. The van der Waals surface area contributed by atoms with Gasteiger partial charge >= 0.3 is 0 Å². The van der Waals surface area contributed by atoms with E-state index in [1.165, 1.54) is 6.33 Å². The van der Waals surface area contributed by atoms with E-state index in [0.717, 1.165) is 28.8 Å². The van der Waals surface area contributed by atoms with E-state index in [2.05, 4.69) is 70.9 Å². The summed E-state index contributed by atoms with van der Waals surface area (Å²) in [5, 5.41) is 14.3. The number of nitrogens with zero attached hydrogens (tertiary/aromatic N) is 2. The monoisotopic (exact) mass is 291 g/mol. The number of rotatable bonds is 6. The lowest BCUT2D eigenvalue weighted by Gasteiger charge is -2.20. The molecule has 0 amide bonds. The first-order valence-electron chi connectivity index (χ1n) is 6.65. The van der Waals surface area contributed by atoms with Gasteiger partial charge in [0, 0.05) is 29.2 Å². The first kappa shape index (κ1) is 14.9. The summed E-state index contributed by atoms with van der Waals surface area (Å²) >= 11 is 1.57. The molecule has 0 atom stereocenters. The van der Waals surface area contributed by atoms with Crippen molar-refractivity contribution in [3.05, 3.63) is 30.6 Å². The molecule has 1 aromatic heterocycles. The highest BCUT2D eigenvalue weighted by Gasteiger charge is 2.07. The maximum atomic E-state index is 4.09. The summed E-state index contributed by atoms with van der Waals surface area (Å²) < 4.78 is 0. The van der Waals surface area contributed by atoms with Crippen molar-refractivity contribution in [1.82, 2.24) is 20.5 Å². The number of aromatic nitrogens is 3. The maximum Gasteiger partial charge on any atom is 0.188 e. The van der Waals surface area contributed by atoms with Crippen molar-refractivity contribution in [3.8, 4) is 0 Å². The Morgan fingerprint density at radius 2 is 1.90 bits per heavy atom. The standard InChI is InChI=1S/C14H21N5S/c1-14(2,3)17-9-8-15-11-4-6-12(7-5-11)20-13-16-10-18-19-13/h4-7,10,15,17H,8-9H2,1-3H3,(H,16,18,19). The smallest absolute Gasteiger partial charge is 0.188 e. The summed E-state index contributed by atoms with van der Waals surface area (Å²) in [4.78, 5) is 5.23. The largest absolute Gasteiger partial charge is 0.384 e. The van der Waals surface area contributed by atoms with Gasteiger partial charge in [-0.05, 0) is 45.0 Å². The number of anilines is 1. The summed E-state index contributed by atoms with van der Waals surface area (Å²) in [6.45, 7) is 8.36. The Hall–Kier alpha value is -1.53. The second-order valence-electron chi connectivity index (χ2n) is 5.52. The highest BCUT2D eigenvalue weighted by Crippen LogP contribution is 2.24. The lowest BCUT2D eigenvalue weighted by molar-refractivity contribution is 0.435. The Kier molecular flexibility index (Phi) is 5.03. The lowest BCUT2D eigenvalue weighted by Crippen LogP contribution is -2.38. The van der Waals surface area contributed by atoms with Crippen molar-refractivity contribution in [1.29, 1.82) is 0 Å². The predicted octanol–water partition coefficient (Wildman–Crippen LogP) is 2.76. The molecule has 0 radical (unpaired) electrons. The third-order valence-corrected chi connectivity index (χ3v) is 3.47. The van der Waals surface area contributed by atoms with E-state index < -0.39 is 0 Å². The van der Waals surface area contributed by atoms with Gasteiger partial charge in [0.25, 0.3) is 0 Å². The minimum Gasteiger partial charge on any atom is -0.384 e. The number of H-pyrrole nitrogens is 1. The second kappa shape index (κ2) is 6.76. The molecule has 3 N–H and O–H groups in total. The molecule has 5 nitrogen and oxygen atoms in total. The fraction of sp³-hybridized carbons (Fsp3) is 0.429. The van der Waals surface area contributed by atoms with Crippen LogP contribution in [0.5, 0.6) is 0 Å². The number of nitrogens with one attached hydrogen (secondary N) is 3. The van der Waals surface area contributed by atoms with Crippen molar-refractivity contribution in [2.75, 3.05) is 18.4 Å². The lowest BCUT2D eigenvalue weighted by atomic mass is 10.1. The fourth-order valence-electron chi connectivity index (χ4n) is 1.64. The molecule has 2 rings (SSSR count). The Labute approximate surface area is 124 Å². The SMILES string of the molecule is CC(C)(C)NCCNc1ccc(Sc2ncn[nH]2)cc1. The molecule has 20 heavy (non-hydrogen) atoms. The first-order valence-corrected chi connectivity index (χ1v) is 7.47. The van der Waals surface area contributed by atoms with Crippen LogP contribution >= 0.6 is 11.8 Å². The highest BCUT2D eigenvalue weighted by molar-refractivity contribution is 7.99. The Balaban J connectivity index is 1.77. The van der Waals surface area contributed by atoms with Crippen molar-refractivity contribution in [3.63, 3.8) is 0 Å². The zero-order valence-corrected chi connectivity index (χ0v) is 12.9. The zero-order chi connectivity index (χ0) is 14.4. The predicted molar refractivity (Wildman–Crippen MR) is 83.2 cm³/mol. The average molecular weight is 291 g/mol. The van der Waals surface area contributed by atoms with Crippen molar-refractivity contribution in [2.45, 2.75) is 36.4 Å². The normalized spacial score (nSPS) is 11.6. The summed E-state index contributed by atoms with van der Waals surface area (Å²) in [6.07, 6.45) is 1.51. The van der Waals surface area contributed by atoms with E-state index in [9.17, 15) is 0 Å². The van der Waals surface area contributed by atoms with Gasteiger partial charge in [-0.2, -0.15) is 5.10 Å². The van der Waals surface area contributed by atoms with E-state index >= 15 is 0 Å². The van der Waals surface area contributed by atoms with Crippen LogP contribution < -0.4 is 10.6 Å². The Morgan fingerprint density at radius 3 is 2.50 bits per heavy atom. The van der Waals surface area contributed by atoms with Crippen LogP contribution in [-0.2, 0) is 0 Å². The molecular formula is C14H21N5S. The van der Waals surface area contributed by atoms with Gasteiger partial charge in [-0.3, -0.25) is 5.10 Å². The molecule has 0 aliphatic carbocycles. The van der Waals surface area contributed by atoms with Crippen LogP contribution in [0.25, 0.3) is 0 Å². The minimum absolute atomic E-state index is 0.166. The minimum atomic E-state index is 0.166. The molecule has 0 fully saturated rings. The van der Waals surface area contributed by atoms with Gasteiger partial charge in [0.1, 0.15) is 6.33 Å². The highest BCUT2D eigenvalue weighted by atomic mass is 32.2. The number of hydrogen-bond acceptors (Lipinski definition) is 5. The van der Waals surface area contributed by atoms with E-state index in [-0.39, 0.29) is 5.54 Å². The molecule has 0 bridgehead atoms. The van der Waals surface area contributed by atoms with Crippen molar-refractivity contribution < 1.29 is 0 Å². The topological polar surface area (TPSA) is 65.6 Å². The molecule has 108 valence electrons. The molecule has 0 spiro atoms. The van der Waals surface area contributed by atoms with E-state index in [1.54, 1.807) is 11.8 Å². The van der Waals surface area contributed by atoms with E-state index in [4.69, 9.17) is 0 Å². The molecule has 1 heterocycles. The van der Waals surface area contributed by atoms with Gasteiger partial charge in [0.05, 0.1) is 0 Å². The average Bonchev–Trinajstić information content (AvgIpc) is 2.88. The van der Waals surface area contributed by atoms with Crippen LogP contribution in [0.2, 0.25) is 0 Å². The molecule has 0 unspecified atom stereocenters. The summed E-state index contributed by atoms with van der Waals surface area (Å²) in [6, 6.07) is 8.31. The van der Waals surface area contributed by atoms with Crippen LogP contribution in [0.4, 0.5) is 5.69 Å². The summed E-state index contributed by atoms with van der Waals surface area (Å²) in [5.74, 6) is 0. The maximum absolute atomic E-state index is 4.09. The molecule has 6 heteroatoms. The Morgan fingerprint density at radius 1 is 1.15 bits per heavy atom. The van der Waals surface area contributed by atoms with Gasteiger partial charge in [0.2, 0.25) is 0 Å². The van der Waals surface area contributed by atoms with Gasteiger partial charge in [-0.1, -0.05) is 11.8 Å². The Bertz CT molecular complexity index is 501. The van der Waals surface area contributed by atoms with Crippen LogP contribution in [0.1, 0.15) is 20.8 Å². The molecule has 1 aromatic carbocycles. The second-order valence-corrected chi connectivity index (χ2v) is 6.58. The molecule has 0 saturated heterocycles. The van der Waals surface area contributed by atoms with Crippen molar-refractivity contribution >= 4 is 17.4 Å². The third-order valence-electron chi connectivity index (χ3n) is 2.57. The summed E-state index contributed by atoms with van der Waals surface area (Å²) in [5.41, 5.74) is 1.29. The summed E-state index contributed by atoms with van der Waals surface area (Å²) in [7, 11) is 0. The van der Waals surface area contributed by atoms with Gasteiger partial charge in [-0.15, -0.1) is 0 Å². The number of benzene rings is 1. The van der Waals surface area contributed by atoms with Crippen LogP contribution in [0.15, 0.2) is 40.6 Å². The van der Waals surface area contributed by atoms with Crippen LogP contribution in [0.3, 0.4) is 0 Å². The first-order chi connectivity index (χ1) is 9.53. The molecule has 0 aliphatic rings. The van der Waals surface area contributed by atoms with E-state index in [1.807, 2.05) is 0 Å². The number of aromatic amines is 1. The van der Waals surface area contributed by atoms with Crippen LogP contribution in [-0.4, -0.2) is 33.8 Å². The molecule has 2 aromatic rings. The van der Waals surface area contributed by atoms with Crippen molar-refractivity contribution in [2.24, 2.45) is 0 Å². The van der Waals surface area contributed by atoms with Crippen LogP contribution in [0, 0.1) is 0 Å². The molecular weight excluding hydrogens is 270 g/mol. The third kappa shape index (κ3) is 5.22. The van der Waals surface area contributed by atoms with Gasteiger partial charge in [-0.25, -0.2) is 4.98 Å². The van der Waals surface area contributed by atoms with Gasteiger partial charge in [0.15, 0.2) is 5.16 Å². The number of hydrogen-bond donors (Lipinski definition) is 3. The zero-order valence-electron chi connectivity index (χ0n) is 12.1. The molecule has 0 saturated carbocycles. The van der Waals surface area contributed by atoms with Gasteiger partial charge < -0.3 is 10.6 Å².